The molecular formula is C12H14O2S. The predicted octanol–water partition coefficient (Wildman–Crippen LogP) is 2.57. The van der Waals surface area contributed by atoms with Gasteiger partial charge in [0, 0.05) is 0 Å². The van der Waals surface area contributed by atoms with Gasteiger partial charge >= 0.3 is 0 Å². The van der Waals surface area contributed by atoms with Crippen LogP contribution in [0.3, 0.4) is 0 Å². The summed E-state index contributed by atoms with van der Waals surface area (Å²) in [5.74, 6) is 0. The summed E-state index contributed by atoms with van der Waals surface area (Å²) in [6, 6.07) is 8.68. The van der Waals surface area contributed by atoms with Crippen LogP contribution in [0.25, 0.3) is 0 Å². The van der Waals surface area contributed by atoms with Crippen molar-refractivity contribution < 1.29 is 8.42 Å². The van der Waals surface area contributed by atoms with Gasteiger partial charge in [0.05, 0.1) is 10.1 Å². The van der Waals surface area contributed by atoms with Crippen LogP contribution >= 0.6 is 0 Å². The highest BCUT2D eigenvalue weighted by molar-refractivity contribution is 7.92. The fourth-order valence-corrected chi connectivity index (χ4v) is 3.51. The molecule has 0 saturated carbocycles. The second kappa shape index (κ2) is 4.19. The molecule has 0 bridgehead atoms. The van der Waals surface area contributed by atoms with E-state index in [1.165, 1.54) is 0 Å². The first-order valence-corrected chi connectivity index (χ1v) is 6.71. The zero-order valence-electron chi connectivity index (χ0n) is 8.46. The van der Waals surface area contributed by atoms with Crippen LogP contribution in [0, 0.1) is 0 Å². The van der Waals surface area contributed by atoms with Crippen molar-refractivity contribution in [3.05, 3.63) is 42.5 Å². The molecule has 1 aliphatic rings. The normalized spacial score (nSPS) is 21.5. The van der Waals surface area contributed by atoms with Crippen molar-refractivity contribution in [2.24, 2.45) is 0 Å². The average Bonchev–Trinajstić information content (AvgIpc) is 2.31. The molecule has 0 fully saturated rings. The van der Waals surface area contributed by atoms with E-state index in [-0.39, 0.29) is 5.25 Å². The maximum absolute atomic E-state index is 12.1. The lowest BCUT2D eigenvalue weighted by atomic mass is 10.1. The molecule has 1 aromatic carbocycles. The molecule has 0 aromatic heterocycles. The molecule has 3 heteroatoms. The third kappa shape index (κ3) is 2.12. The van der Waals surface area contributed by atoms with Gasteiger partial charge < -0.3 is 0 Å². The molecular weight excluding hydrogens is 208 g/mol. The molecule has 0 N–H and O–H groups in total. The molecule has 0 aliphatic heterocycles. The standard InChI is InChI=1S/C12H14O2S/c13-15(14,11-7-3-1-4-8-11)12-9-5-2-6-10-12/h1,3-5,7-9,12H,2,6,10H2/t12-/m1/s1. The van der Waals surface area contributed by atoms with Gasteiger partial charge in [0.25, 0.3) is 0 Å². The molecule has 1 aromatic rings. The topological polar surface area (TPSA) is 34.1 Å². The zero-order chi connectivity index (χ0) is 10.7. The minimum atomic E-state index is -3.15. The third-order valence-electron chi connectivity index (χ3n) is 2.68. The van der Waals surface area contributed by atoms with E-state index in [4.69, 9.17) is 0 Å². The second-order valence-corrected chi connectivity index (χ2v) is 5.92. The van der Waals surface area contributed by atoms with Gasteiger partial charge in [0.2, 0.25) is 0 Å². The quantitative estimate of drug-likeness (QED) is 0.721. The van der Waals surface area contributed by atoms with E-state index in [0.717, 1.165) is 19.3 Å². The first-order valence-electron chi connectivity index (χ1n) is 5.17. The summed E-state index contributed by atoms with van der Waals surface area (Å²) in [7, 11) is -3.15. The molecule has 2 nitrogen and oxygen atoms in total. The van der Waals surface area contributed by atoms with Crippen molar-refractivity contribution >= 4 is 9.84 Å². The zero-order valence-corrected chi connectivity index (χ0v) is 9.28. The average molecular weight is 222 g/mol. The number of rotatable bonds is 2. The molecule has 1 aliphatic carbocycles. The molecule has 0 spiro atoms. The second-order valence-electron chi connectivity index (χ2n) is 3.76. The summed E-state index contributed by atoms with van der Waals surface area (Å²) < 4.78 is 24.3. The minimum absolute atomic E-state index is 0.325. The smallest absolute Gasteiger partial charge is 0.184 e. The van der Waals surface area contributed by atoms with Crippen molar-refractivity contribution in [3.8, 4) is 0 Å². The fraction of sp³-hybridized carbons (Fsp3) is 0.333. The van der Waals surface area contributed by atoms with Crippen molar-refractivity contribution in [2.75, 3.05) is 0 Å². The Morgan fingerprint density at radius 3 is 2.47 bits per heavy atom. The van der Waals surface area contributed by atoms with Crippen LogP contribution in [0.15, 0.2) is 47.4 Å². The van der Waals surface area contributed by atoms with Crippen LogP contribution in [-0.2, 0) is 9.84 Å². The number of benzene rings is 1. The van der Waals surface area contributed by atoms with Gasteiger partial charge in [0.1, 0.15) is 0 Å². The summed E-state index contributed by atoms with van der Waals surface area (Å²) in [5, 5.41) is -0.325. The van der Waals surface area contributed by atoms with E-state index in [0.29, 0.717) is 4.90 Å². The lowest BCUT2D eigenvalue weighted by molar-refractivity contribution is 0.577. The maximum Gasteiger partial charge on any atom is 0.184 e. The van der Waals surface area contributed by atoms with Crippen LogP contribution in [0.4, 0.5) is 0 Å². The Balaban J connectivity index is 2.35. The highest BCUT2D eigenvalue weighted by atomic mass is 32.2. The van der Waals surface area contributed by atoms with Gasteiger partial charge in [-0.2, -0.15) is 0 Å². The Kier molecular flexibility index (Phi) is 2.91. The molecule has 0 saturated heterocycles. The van der Waals surface area contributed by atoms with Gasteiger partial charge in [-0.3, -0.25) is 0 Å². The van der Waals surface area contributed by atoms with Gasteiger partial charge in [-0.15, -0.1) is 0 Å². The van der Waals surface area contributed by atoms with Crippen molar-refractivity contribution in [3.63, 3.8) is 0 Å². The van der Waals surface area contributed by atoms with Crippen LogP contribution in [0.1, 0.15) is 19.3 Å². The molecule has 15 heavy (non-hydrogen) atoms. The Labute approximate surface area is 90.6 Å². The molecule has 0 radical (unpaired) electrons. The summed E-state index contributed by atoms with van der Waals surface area (Å²) in [4.78, 5) is 0.432. The van der Waals surface area contributed by atoms with E-state index in [1.807, 2.05) is 18.2 Å². The van der Waals surface area contributed by atoms with Crippen LogP contribution in [0.5, 0.6) is 0 Å². The highest BCUT2D eigenvalue weighted by Crippen LogP contribution is 2.23. The first-order chi connectivity index (χ1) is 7.21. The monoisotopic (exact) mass is 222 g/mol. The summed E-state index contributed by atoms with van der Waals surface area (Å²) in [6.07, 6.45) is 6.50. The lowest BCUT2D eigenvalue weighted by Gasteiger charge is -2.16. The van der Waals surface area contributed by atoms with Crippen LogP contribution < -0.4 is 0 Å². The number of hydrogen-bond acceptors (Lipinski definition) is 2. The highest BCUT2D eigenvalue weighted by Gasteiger charge is 2.25. The van der Waals surface area contributed by atoms with E-state index in [1.54, 1.807) is 24.3 Å². The van der Waals surface area contributed by atoms with Gasteiger partial charge in [-0.25, -0.2) is 8.42 Å². The number of allylic oxidation sites excluding steroid dienone is 1. The number of sulfone groups is 1. The van der Waals surface area contributed by atoms with Gasteiger partial charge in [0.15, 0.2) is 9.84 Å². The van der Waals surface area contributed by atoms with Gasteiger partial charge in [-0.05, 0) is 31.4 Å². The van der Waals surface area contributed by atoms with E-state index < -0.39 is 9.84 Å². The third-order valence-corrected chi connectivity index (χ3v) is 4.80. The largest absolute Gasteiger partial charge is 0.223 e. The van der Waals surface area contributed by atoms with Crippen molar-refractivity contribution in [1.82, 2.24) is 0 Å². The van der Waals surface area contributed by atoms with Crippen LogP contribution in [0.2, 0.25) is 0 Å². The Hall–Kier alpha value is -1.09. The van der Waals surface area contributed by atoms with E-state index >= 15 is 0 Å². The Morgan fingerprint density at radius 2 is 1.87 bits per heavy atom. The summed E-state index contributed by atoms with van der Waals surface area (Å²) in [6.45, 7) is 0. The molecule has 0 heterocycles. The molecule has 0 amide bonds. The molecule has 1 atom stereocenters. The fourth-order valence-electron chi connectivity index (χ4n) is 1.82. The lowest BCUT2D eigenvalue weighted by Crippen LogP contribution is -2.20. The Morgan fingerprint density at radius 1 is 1.13 bits per heavy atom. The van der Waals surface area contributed by atoms with E-state index in [2.05, 4.69) is 0 Å². The summed E-state index contributed by atoms with van der Waals surface area (Å²) >= 11 is 0. The molecule has 80 valence electrons. The minimum Gasteiger partial charge on any atom is -0.223 e. The molecule has 2 rings (SSSR count). The van der Waals surface area contributed by atoms with Crippen molar-refractivity contribution in [1.29, 1.82) is 0 Å². The Bertz CT molecular complexity index is 446. The predicted molar refractivity (Wildman–Crippen MR) is 60.4 cm³/mol. The van der Waals surface area contributed by atoms with Crippen molar-refractivity contribution in [2.45, 2.75) is 29.4 Å². The van der Waals surface area contributed by atoms with E-state index in [9.17, 15) is 8.42 Å². The van der Waals surface area contributed by atoms with Gasteiger partial charge in [-0.1, -0.05) is 30.4 Å². The molecule has 0 unspecified atom stereocenters. The SMILES string of the molecule is O=S(=O)(c1ccccc1)[C@@H]1C=CCCC1. The first kappa shape index (κ1) is 10.4. The number of hydrogen-bond donors (Lipinski definition) is 0. The summed E-state index contributed by atoms with van der Waals surface area (Å²) in [5.41, 5.74) is 0. The maximum atomic E-state index is 12.1. The van der Waals surface area contributed by atoms with Crippen LogP contribution in [-0.4, -0.2) is 13.7 Å².